The van der Waals surface area contributed by atoms with Gasteiger partial charge in [0.15, 0.2) is 0 Å². The summed E-state index contributed by atoms with van der Waals surface area (Å²) in [5, 5.41) is 0. The molecule has 0 aromatic heterocycles. The van der Waals surface area contributed by atoms with Crippen LogP contribution in [0, 0.1) is 0 Å². The summed E-state index contributed by atoms with van der Waals surface area (Å²) >= 11 is 0. The highest BCUT2D eigenvalue weighted by Gasteiger charge is 2.51. The SMILES string of the molecule is CCCC1(CC2(CCC)c3ccccc3-c3ccccc32)c2ccccc2-c2ccccc21. The van der Waals surface area contributed by atoms with Crippen molar-refractivity contribution in [1.29, 1.82) is 0 Å². The Morgan fingerprint density at radius 2 is 0.697 bits per heavy atom. The maximum Gasteiger partial charge on any atom is 0.0226 e. The molecule has 0 fully saturated rings. The van der Waals surface area contributed by atoms with Gasteiger partial charge >= 0.3 is 0 Å². The molecule has 2 aliphatic carbocycles. The summed E-state index contributed by atoms with van der Waals surface area (Å²) in [5.41, 5.74) is 11.9. The number of hydrogen-bond acceptors (Lipinski definition) is 0. The molecule has 164 valence electrons. The average molecular weight is 429 g/mol. The molecule has 0 nitrogen and oxygen atoms in total. The van der Waals surface area contributed by atoms with Gasteiger partial charge in [0.2, 0.25) is 0 Å². The molecule has 0 saturated heterocycles. The van der Waals surface area contributed by atoms with Crippen LogP contribution in [-0.4, -0.2) is 0 Å². The van der Waals surface area contributed by atoms with Gasteiger partial charge in [-0.1, -0.05) is 124 Å². The molecule has 4 aromatic rings. The fourth-order valence-corrected chi connectivity index (χ4v) is 7.30. The highest BCUT2D eigenvalue weighted by molar-refractivity contribution is 5.84. The molecular weight excluding hydrogens is 396 g/mol. The minimum atomic E-state index is 0.0294. The number of fused-ring (bicyclic) bond motifs is 6. The Morgan fingerprint density at radius 3 is 0.970 bits per heavy atom. The maximum atomic E-state index is 2.41. The molecular formula is C33H32. The third-order valence-corrected chi connectivity index (χ3v) is 8.31. The van der Waals surface area contributed by atoms with E-state index in [-0.39, 0.29) is 10.8 Å². The van der Waals surface area contributed by atoms with Gasteiger partial charge in [-0.25, -0.2) is 0 Å². The van der Waals surface area contributed by atoms with E-state index in [9.17, 15) is 0 Å². The molecule has 0 aliphatic heterocycles. The number of hydrogen-bond donors (Lipinski definition) is 0. The van der Waals surface area contributed by atoms with Crippen LogP contribution in [-0.2, 0) is 10.8 Å². The van der Waals surface area contributed by atoms with Gasteiger partial charge in [0.1, 0.15) is 0 Å². The van der Waals surface area contributed by atoms with Crippen molar-refractivity contribution in [3.05, 3.63) is 119 Å². The van der Waals surface area contributed by atoms with Gasteiger partial charge in [0.05, 0.1) is 0 Å². The fraction of sp³-hybridized carbons (Fsp3) is 0.273. The second-order valence-electron chi connectivity index (χ2n) is 10.0. The van der Waals surface area contributed by atoms with Gasteiger partial charge in [0, 0.05) is 10.8 Å². The third kappa shape index (κ3) is 2.76. The first kappa shape index (κ1) is 20.5. The summed E-state index contributed by atoms with van der Waals surface area (Å²) in [5.74, 6) is 0. The van der Waals surface area contributed by atoms with E-state index in [1.165, 1.54) is 70.2 Å². The Hall–Kier alpha value is -3.12. The van der Waals surface area contributed by atoms with E-state index < -0.39 is 0 Å². The van der Waals surface area contributed by atoms with E-state index >= 15 is 0 Å². The summed E-state index contributed by atoms with van der Waals surface area (Å²) in [4.78, 5) is 0. The van der Waals surface area contributed by atoms with Crippen molar-refractivity contribution in [2.24, 2.45) is 0 Å². The van der Waals surface area contributed by atoms with Gasteiger partial charge in [-0.15, -0.1) is 0 Å². The minimum absolute atomic E-state index is 0.0294. The number of rotatable bonds is 6. The van der Waals surface area contributed by atoms with E-state index in [0.717, 1.165) is 6.42 Å². The van der Waals surface area contributed by atoms with Crippen LogP contribution in [0.1, 0.15) is 68.2 Å². The van der Waals surface area contributed by atoms with Crippen molar-refractivity contribution in [3.8, 4) is 22.3 Å². The highest BCUT2D eigenvalue weighted by Crippen LogP contribution is 2.61. The molecule has 0 saturated carbocycles. The zero-order valence-corrected chi connectivity index (χ0v) is 19.8. The topological polar surface area (TPSA) is 0 Å². The van der Waals surface area contributed by atoms with Crippen LogP contribution in [0.3, 0.4) is 0 Å². The lowest BCUT2D eigenvalue weighted by atomic mass is 9.60. The molecule has 0 atom stereocenters. The van der Waals surface area contributed by atoms with E-state index in [1.807, 2.05) is 0 Å². The van der Waals surface area contributed by atoms with E-state index in [2.05, 4.69) is 111 Å². The van der Waals surface area contributed by atoms with Crippen LogP contribution < -0.4 is 0 Å². The zero-order valence-electron chi connectivity index (χ0n) is 19.8. The molecule has 0 N–H and O–H groups in total. The Morgan fingerprint density at radius 1 is 0.424 bits per heavy atom. The largest absolute Gasteiger partial charge is 0.0653 e. The second kappa shape index (κ2) is 7.73. The normalized spacial score (nSPS) is 16.1. The van der Waals surface area contributed by atoms with Crippen LogP contribution in [0.15, 0.2) is 97.1 Å². The quantitative estimate of drug-likeness (QED) is 0.287. The van der Waals surface area contributed by atoms with E-state index in [4.69, 9.17) is 0 Å². The molecule has 0 amide bonds. The summed E-state index contributed by atoms with van der Waals surface area (Å²) in [7, 11) is 0. The standard InChI is InChI=1S/C33H32/c1-3-21-32(28-17-9-5-13-24(28)25-14-6-10-18-29(25)32)23-33(22-4-2)30-19-11-7-15-26(30)27-16-8-12-20-31(27)33/h5-20H,3-4,21-23H2,1-2H3. The van der Waals surface area contributed by atoms with Crippen molar-refractivity contribution in [2.75, 3.05) is 0 Å². The third-order valence-electron chi connectivity index (χ3n) is 8.31. The first-order chi connectivity index (χ1) is 16.2. The van der Waals surface area contributed by atoms with Crippen LogP contribution in [0.4, 0.5) is 0 Å². The Labute approximate surface area is 198 Å². The molecule has 2 aliphatic rings. The molecule has 0 spiro atoms. The predicted octanol–water partition coefficient (Wildman–Crippen LogP) is 8.91. The van der Waals surface area contributed by atoms with Gasteiger partial charge in [-0.3, -0.25) is 0 Å². The first-order valence-corrected chi connectivity index (χ1v) is 12.6. The lowest BCUT2D eigenvalue weighted by Crippen LogP contribution is -2.37. The van der Waals surface area contributed by atoms with Crippen LogP contribution in [0.25, 0.3) is 22.3 Å². The average Bonchev–Trinajstić information content (AvgIpc) is 3.29. The predicted molar refractivity (Wildman–Crippen MR) is 140 cm³/mol. The summed E-state index contributed by atoms with van der Waals surface area (Å²) < 4.78 is 0. The van der Waals surface area contributed by atoms with Crippen molar-refractivity contribution in [3.63, 3.8) is 0 Å². The van der Waals surface area contributed by atoms with Gasteiger partial charge in [0.25, 0.3) is 0 Å². The Bertz CT molecular complexity index is 1130. The van der Waals surface area contributed by atoms with Gasteiger partial charge in [-0.2, -0.15) is 0 Å². The van der Waals surface area contributed by atoms with Crippen molar-refractivity contribution < 1.29 is 0 Å². The molecule has 0 radical (unpaired) electrons. The Balaban J connectivity index is 1.65. The second-order valence-corrected chi connectivity index (χ2v) is 10.0. The molecule has 0 heteroatoms. The monoisotopic (exact) mass is 428 g/mol. The number of benzene rings is 4. The highest BCUT2D eigenvalue weighted by atomic mass is 14.5. The molecule has 6 rings (SSSR count). The molecule has 33 heavy (non-hydrogen) atoms. The maximum absolute atomic E-state index is 2.41. The smallest absolute Gasteiger partial charge is 0.0226 e. The van der Waals surface area contributed by atoms with E-state index in [0.29, 0.717) is 0 Å². The van der Waals surface area contributed by atoms with Gasteiger partial charge in [-0.05, 0) is 63.8 Å². The molecule has 0 heterocycles. The lowest BCUT2D eigenvalue weighted by molar-refractivity contribution is 0.322. The lowest BCUT2D eigenvalue weighted by Gasteiger charge is -2.43. The summed E-state index contributed by atoms with van der Waals surface area (Å²) in [6.45, 7) is 4.71. The van der Waals surface area contributed by atoms with Crippen LogP contribution in [0.5, 0.6) is 0 Å². The van der Waals surface area contributed by atoms with Gasteiger partial charge < -0.3 is 0 Å². The van der Waals surface area contributed by atoms with E-state index in [1.54, 1.807) is 0 Å². The molecule has 4 aromatic carbocycles. The minimum Gasteiger partial charge on any atom is -0.0653 e. The Kier molecular flexibility index (Phi) is 4.80. The van der Waals surface area contributed by atoms with Crippen LogP contribution >= 0.6 is 0 Å². The molecule has 0 bridgehead atoms. The molecule has 0 unspecified atom stereocenters. The first-order valence-electron chi connectivity index (χ1n) is 12.6. The van der Waals surface area contributed by atoms with Crippen molar-refractivity contribution in [2.45, 2.75) is 56.8 Å². The van der Waals surface area contributed by atoms with Crippen molar-refractivity contribution in [1.82, 2.24) is 0 Å². The summed E-state index contributed by atoms with van der Waals surface area (Å²) in [6.07, 6.45) is 5.83. The summed E-state index contributed by atoms with van der Waals surface area (Å²) in [6, 6.07) is 36.8. The zero-order chi connectivity index (χ0) is 22.5. The fourth-order valence-electron chi connectivity index (χ4n) is 7.30. The van der Waals surface area contributed by atoms with Crippen molar-refractivity contribution >= 4 is 0 Å². The van der Waals surface area contributed by atoms with Crippen LogP contribution in [0.2, 0.25) is 0 Å².